The molecule has 1 amide bonds. The summed E-state index contributed by atoms with van der Waals surface area (Å²) in [5.41, 5.74) is 10.8. The molecule has 1 saturated carbocycles. The Labute approximate surface area is 96.7 Å². The second-order valence-electron chi connectivity index (χ2n) is 5.26. The van der Waals surface area contributed by atoms with Crippen LogP contribution in [0.5, 0.6) is 0 Å². The maximum Gasteiger partial charge on any atom is 0.239 e. The Hall–Kier alpha value is -0.650. The van der Waals surface area contributed by atoms with Gasteiger partial charge < -0.3 is 16.4 Å². The number of likely N-dealkylation sites (N-methyl/N-ethyl adjacent to an activating group) is 1. The fourth-order valence-electron chi connectivity index (χ4n) is 2.38. The molecule has 2 aliphatic rings. The van der Waals surface area contributed by atoms with Gasteiger partial charge in [0.2, 0.25) is 5.91 Å². The zero-order valence-corrected chi connectivity index (χ0v) is 9.98. The summed E-state index contributed by atoms with van der Waals surface area (Å²) in [7, 11) is 2.11. The van der Waals surface area contributed by atoms with Crippen LogP contribution in [-0.2, 0) is 4.79 Å². The molecule has 1 aliphatic heterocycles. The van der Waals surface area contributed by atoms with Crippen LogP contribution in [-0.4, -0.2) is 61.0 Å². The minimum atomic E-state index is -0.796. The van der Waals surface area contributed by atoms with Crippen molar-refractivity contribution in [2.75, 3.05) is 39.8 Å². The van der Waals surface area contributed by atoms with Crippen LogP contribution in [0.3, 0.4) is 0 Å². The molecular formula is C11H22N4O. The molecular weight excluding hydrogens is 204 g/mol. The first kappa shape index (κ1) is 11.8. The molecule has 0 aromatic rings. The smallest absolute Gasteiger partial charge is 0.239 e. The van der Waals surface area contributed by atoms with Crippen LogP contribution in [0.15, 0.2) is 0 Å². The number of carbonyl (C=O) groups excluding carboxylic acids is 1. The zero-order valence-electron chi connectivity index (χ0n) is 9.98. The van der Waals surface area contributed by atoms with Gasteiger partial charge in [-0.25, -0.2) is 0 Å². The Morgan fingerprint density at radius 3 is 2.31 bits per heavy atom. The fourth-order valence-corrected chi connectivity index (χ4v) is 2.38. The van der Waals surface area contributed by atoms with Crippen LogP contribution in [0.4, 0.5) is 0 Å². The SMILES string of the molecule is CN1CCN(CC(N)(C(N)=O)C2CC2)CC1. The Morgan fingerprint density at radius 2 is 1.88 bits per heavy atom. The number of piperazine rings is 1. The lowest BCUT2D eigenvalue weighted by Crippen LogP contribution is -2.62. The Bertz CT molecular complexity index is 271. The number of nitrogens with zero attached hydrogens (tertiary/aromatic N) is 2. The van der Waals surface area contributed by atoms with E-state index in [1.807, 2.05) is 0 Å². The van der Waals surface area contributed by atoms with Gasteiger partial charge in [-0.3, -0.25) is 9.69 Å². The van der Waals surface area contributed by atoms with E-state index < -0.39 is 5.54 Å². The molecule has 16 heavy (non-hydrogen) atoms. The van der Waals surface area contributed by atoms with Gasteiger partial charge in [-0.1, -0.05) is 0 Å². The van der Waals surface area contributed by atoms with E-state index in [1.165, 1.54) is 0 Å². The molecule has 1 saturated heterocycles. The lowest BCUT2D eigenvalue weighted by atomic mass is 9.92. The van der Waals surface area contributed by atoms with Gasteiger partial charge in [0.15, 0.2) is 0 Å². The van der Waals surface area contributed by atoms with Crippen molar-refractivity contribution >= 4 is 5.91 Å². The van der Waals surface area contributed by atoms with Crippen molar-refractivity contribution in [3.05, 3.63) is 0 Å². The van der Waals surface area contributed by atoms with Gasteiger partial charge in [0.05, 0.1) is 0 Å². The number of rotatable bonds is 4. The van der Waals surface area contributed by atoms with Crippen molar-refractivity contribution in [1.82, 2.24) is 9.80 Å². The average molecular weight is 226 g/mol. The summed E-state index contributed by atoms with van der Waals surface area (Å²) in [5, 5.41) is 0. The topological polar surface area (TPSA) is 75.6 Å². The minimum Gasteiger partial charge on any atom is -0.368 e. The van der Waals surface area contributed by atoms with Gasteiger partial charge in [-0.15, -0.1) is 0 Å². The molecule has 2 fully saturated rings. The monoisotopic (exact) mass is 226 g/mol. The van der Waals surface area contributed by atoms with E-state index in [0.717, 1.165) is 39.0 Å². The normalized spacial score (nSPS) is 27.6. The summed E-state index contributed by atoms with van der Waals surface area (Å²) in [6.07, 6.45) is 2.10. The molecule has 0 aromatic carbocycles. The molecule has 92 valence electrons. The summed E-state index contributed by atoms with van der Waals surface area (Å²) >= 11 is 0. The van der Waals surface area contributed by atoms with E-state index in [0.29, 0.717) is 12.5 Å². The maximum atomic E-state index is 11.5. The highest BCUT2D eigenvalue weighted by atomic mass is 16.1. The first-order valence-corrected chi connectivity index (χ1v) is 6.02. The van der Waals surface area contributed by atoms with E-state index >= 15 is 0 Å². The van der Waals surface area contributed by atoms with E-state index in [1.54, 1.807) is 0 Å². The first-order valence-electron chi connectivity index (χ1n) is 6.02. The number of amides is 1. The molecule has 2 rings (SSSR count). The molecule has 1 unspecified atom stereocenters. The number of carbonyl (C=O) groups is 1. The van der Waals surface area contributed by atoms with Crippen LogP contribution in [0, 0.1) is 5.92 Å². The molecule has 0 radical (unpaired) electrons. The van der Waals surface area contributed by atoms with Crippen LogP contribution in [0.2, 0.25) is 0 Å². The number of nitrogens with two attached hydrogens (primary N) is 2. The second kappa shape index (κ2) is 4.31. The zero-order chi connectivity index (χ0) is 11.8. The molecule has 0 aromatic heterocycles. The van der Waals surface area contributed by atoms with Crippen molar-refractivity contribution in [3.63, 3.8) is 0 Å². The standard InChI is InChI=1S/C11H22N4O/c1-14-4-6-15(7-5-14)8-11(13,10(12)16)9-2-3-9/h9H,2-8,13H2,1H3,(H2,12,16). The molecule has 5 nitrogen and oxygen atoms in total. The summed E-state index contributed by atoms with van der Waals surface area (Å²) in [4.78, 5) is 16.1. The quantitative estimate of drug-likeness (QED) is 0.633. The van der Waals surface area contributed by atoms with Crippen molar-refractivity contribution in [2.24, 2.45) is 17.4 Å². The first-order chi connectivity index (χ1) is 7.52. The fraction of sp³-hybridized carbons (Fsp3) is 0.909. The summed E-state index contributed by atoms with van der Waals surface area (Å²) in [6, 6.07) is 0. The summed E-state index contributed by atoms with van der Waals surface area (Å²) in [6.45, 7) is 4.67. The van der Waals surface area contributed by atoms with E-state index in [2.05, 4.69) is 16.8 Å². The van der Waals surface area contributed by atoms with E-state index in [-0.39, 0.29) is 5.91 Å². The molecule has 4 N–H and O–H groups in total. The Kier molecular flexibility index (Phi) is 3.19. The summed E-state index contributed by atoms with van der Waals surface area (Å²) in [5.74, 6) is -0.0291. The van der Waals surface area contributed by atoms with Crippen LogP contribution in [0.1, 0.15) is 12.8 Å². The van der Waals surface area contributed by atoms with Crippen LogP contribution in [0.25, 0.3) is 0 Å². The lowest BCUT2D eigenvalue weighted by molar-refractivity contribution is -0.124. The highest BCUT2D eigenvalue weighted by Gasteiger charge is 2.47. The van der Waals surface area contributed by atoms with Gasteiger partial charge >= 0.3 is 0 Å². The van der Waals surface area contributed by atoms with Crippen molar-refractivity contribution in [1.29, 1.82) is 0 Å². The van der Waals surface area contributed by atoms with Gasteiger partial charge in [0.1, 0.15) is 5.54 Å². The highest BCUT2D eigenvalue weighted by Crippen LogP contribution is 2.38. The molecule has 0 bridgehead atoms. The van der Waals surface area contributed by atoms with Gasteiger partial charge in [0, 0.05) is 32.7 Å². The molecule has 1 aliphatic carbocycles. The largest absolute Gasteiger partial charge is 0.368 e. The number of primary amides is 1. The third-order valence-electron chi connectivity index (χ3n) is 3.85. The summed E-state index contributed by atoms with van der Waals surface area (Å²) < 4.78 is 0. The van der Waals surface area contributed by atoms with Crippen molar-refractivity contribution in [2.45, 2.75) is 18.4 Å². The second-order valence-corrected chi connectivity index (χ2v) is 5.26. The predicted octanol–water partition coefficient (Wildman–Crippen LogP) is -1.17. The Morgan fingerprint density at radius 1 is 1.31 bits per heavy atom. The van der Waals surface area contributed by atoms with Crippen LogP contribution >= 0.6 is 0 Å². The molecule has 0 spiro atoms. The lowest BCUT2D eigenvalue weighted by Gasteiger charge is -2.37. The third kappa shape index (κ3) is 2.36. The van der Waals surface area contributed by atoms with Gasteiger partial charge in [0.25, 0.3) is 0 Å². The number of hydrogen-bond donors (Lipinski definition) is 2. The highest BCUT2D eigenvalue weighted by molar-refractivity contribution is 5.85. The number of hydrogen-bond acceptors (Lipinski definition) is 4. The molecule has 5 heteroatoms. The van der Waals surface area contributed by atoms with Gasteiger partial charge in [-0.05, 0) is 25.8 Å². The molecule has 1 atom stereocenters. The van der Waals surface area contributed by atoms with Gasteiger partial charge in [-0.2, -0.15) is 0 Å². The third-order valence-corrected chi connectivity index (χ3v) is 3.85. The predicted molar refractivity (Wildman–Crippen MR) is 62.8 cm³/mol. The average Bonchev–Trinajstić information content (AvgIpc) is 3.04. The van der Waals surface area contributed by atoms with E-state index in [4.69, 9.17) is 11.5 Å². The Balaban J connectivity index is 1.93. The maximum absolute atomic E-state index is 11.5. The molecule has 1 heterocycles. The van der Waals surface area contributed by atoms with Crippen LogP contribution < -0.4 is 11.5 Å². The van der Waals surface area contributed by atoms with Crippen molar-refractivity contribution in [3.8, 4) is 0 Å². The van der Waals surface area contributed by atoms with E-state index in [9.17, 15) is 4.79 Å². The van der Waals surface area contributed by atoms with Crippen molar-refractivity contribution < 1.29 is 4.79 Å². The minimum absolute atomic E-state index is 0.310.